The maximum absolute atomic E-state index is 11.1. The van der Waals surface area contributed by atoms with Gasteiger partial charge >= 0.3 is 5.69 Å². The highest BCUT2D eigenvalue weighted by molar-refractivity contribution is 5.68. The van der Waals surface area contributed by atoms with Gasteiger partial charge in [-0.15, -0.1) is 0 Å². The molecule has 1 aromatic carbocycles. The lowest BCUT2D eigenvalue weighted by Crippen LogP contribution is -2.42. The fraction of sp³-hybridized carbons (Fsp3) is 0.462. The first-order valence-electron chi connectivity index (χ1n) is 6.33. The largest absolute Gasteiger partial charge is 0.375 e. The number of para-hydroxylation sites is 1. The molecular formula is C13H16N4O2. The first-order valence-corrected chi connectivity index (χ1v) is 6.33. The molecule has 0 spiro atoms. The molecule has 6 nitrogen and oxygen atoms in total. The van der Waals surface area contributed by atoms with Crippen LogP contribution in [0, 0.1) is 21.4 Å². The molecule has 2 unspecified atom stereocenters. The number of nitrogens with zero attached hydrogens (tertiary/aromatic N) is 2. The van der Waals surface area contributed by atoms with Gasteiger partial charge in [0.2, 0.25) is 0 Å². The maximum Gasteiger partial charge on any atom is 0.309 e. The minimum Gasteiger partial charge on any atom is -0.375 e. The zero-order valence-electron chi connectivity index (χ0n) is 10.5. The molecule has 0 saturated heterocycles. The second kappa shape index (κ2) is 5.67. The Bertz CT molecular complexity index is 524. The van der Waals surface area contributed by atoms with E-state index in [1.54, 1.807) is 12.1 Å². The average Bonchev–Trinajstić information content (AvgIpc) is 2.40. The molecule has 1 fully saturated rings. The Morgan fingerprint density at radius 3 is 2.79 bits per heavy atom. The lowest BCUT2D eigenvalue weighted by atomic mass is 9.90. The Hall–Kier alpha value is -2.13. The van der Waals surface area contributed by atoms with Gasteiger partial charge in [-0.25, -0.2) is 0 Å². The van der Waals surface area contributed by atoms with Crippen LogP contribution < -0.4 is 11.1 Å². The molecule has 0 amide bonds. The summed E-state index contributed by atoms with van der Waals surface area (Å²) < 4.78 is 0. The monoisotopic (exact) mass is 260 g/mol. The Balaban J connectivity index is 2.29. The first kappa shape index (κ1) is 13.3. The quantitative estimate of drug-likeness (QED) is 0.640. The van der Waals surface area contributed by atoms with E-state index in [9.17, 15) is 10.1 Å². The number of nitro benzene ring substituents is 1. The van der Waals surface area contributed by atoms with E-state index < -0.39 is 4.92 Å². The van der Waals surface area contributed by atoms with Gasteiger partial charge < -0.3 is 11.1 Å². The number of benzene rings is 1. The van der Waals surface area contributed by atoms with Crippen molar-refractivity contribution in [3.8, 4) is 6.07 Å². The van der Waals surface area contributed by atoms with Gasteiger partial charge in [0.25, 0.3) is 0 Å². The van der Waals surface area contributed by atoms with Crippen molar-refractivity contribution in [1.29, 1.82) is 5.26 Å². The zero-order chi connectivity index (χ0) is 13.8. The van der Waals surface area contributed by atoms with Crippen LogP contribution in [0.4, 0.5) is 11.4 Å². The number of hydrogen-bond donors (Lipinski definition) is 2. The molecule has 0 aromatic heterocycles. The van der Waals surface area contributed by atoms with E-state index >= 15 is 0 Å². The topological polar surface area (TPSA) is 105 Å². The third-order valence-corrected chi connectivity index (χ3v) is 3.50. The van der Waals surface area contributed by atoms with Gasteiger partial charge in [0.05, 0.1) is 4.92 Å². The fourth-order valence-electron chi connectivity index (χ4n) is 2.49. The zero-order valence-corrected chi connectivity index (χ0v) is 10.5. The lowest BCUT2D eigenvalue weighted by Gasteiger charge is -2.30. The third kappa shape index (κ3) is 2.83. The van der Waals surface area contributed by atoms with Crippen molar-refractivity contribution in [3.05, 3.63) is 33.9 Å². The Labute approximate surface area is 111 Å². The van der Waals surface area contributed by atoms with Crippen LogP contribution >= 0.6 is 0 Å². The summed E-state index contributed by atoms with van der Waals surface area (Å²) in [6.07, 6.45) is 3.98. The predicted molar refractivity (Wildman–Crippen MR) is 71.7 cm³/mol. The molecule has 19 heavy (non-hydrogen) atoms. The predicted octanol–water partition coefficient (Wildman–Crippen LogP) is 2.15. The molecular weight excluding hydrogens is 244 g/mol. The van der Waals surface area contributed by atoms with Crippen LogP contribution in [0.5, 0.6) is 0 Å². The molecule has 2 atom stereocenters. The van der Waals surface area contributed by atoms with Gasteiger partial charge in [-0.2, -0.15) is 5.26 Å². The van der Waals surface area contributed by atoms with Gasteiger partial charge in [0.15, 0.2) is 0 Å². The van der Waals surface area contributed by atoms with E-state index in [1.807, 2.05) is 6.07 Å². The van der Waals surface area contributed by atoms with E-state index in [-0.39, 0.29) is 23.3 Å². The van der Waals surface area contributed by atoms with Crippen molar-refractivity contribution in [2.45, 2.75) is 37.8 Å². The Morgan fingerprint density at radius 1 is 1.42 bits per heavy atom. The number of nitrogens with one attached hydrogen (secondary N) is 1. The van der Waals surface area contributed by atoms with Crippen LogP contribution in [-0.4, -0.2) is 17.0 Å². The van der Waals surface area contributed by atoms with Gasteiger partial charge in [0, 0.05) is 12.1 Å². The molecule has 6 heteroatoms. The normalized spacial score (nSPS) is 22.5. The van der Waals surface area contributed by atoms with Crippen molar-refractivity contribution in [3.63, 3.8) is 0 Å². The van der Waals surface area contributed by atoms with Crippen LogP contribution in [0.15, 0.2) is 18.2 Å². The smallest absolute Gasteiger partial charge is 0.309 e. The van der Waals surface area contributed by atoms with Gasteiger partial charge in [0.1, 0.15) is 17.3 Å². The van der Waals surface area contributed by atoms with Crippen LogP contribution in [0.2, 0.25) is 0 Å². The van der Waals surface area contributed by atoms with Crippen LogP contribution in [-0.2, 0) is 0 Å². The maximum atomic E-state index is 11.1. The first-order chi connectivity index (χ1) is 9.13. The summed E-state index contributed by atoms with van der Waals surface area (Å²) in [7, 11) is 0. The Kier molecular flexibility index (Phi) is 3.97. The van der Waals surface area contributed by atoms with E-state index in [2.05, 4.69) is 5.32 Å². The molecule has 1 aliphatic carbocycles. The summed E-state index contributed by atoms with van der Waals surface area (Å²) in [5.74, 6) is 0. The third-order valence-electron chi connectivity index (χ3n) is 3.50. The SMILES string of the molecule is N#Cc1cccc(NC2CCCCC2N)c1[N+](=O)[O-]. The van der Waals surface area contributed by atoms with Crippen molar-refractivity contribution in [1.82, 2.24) is 0 Å². The fourth-order valence-corrected chi connectivity index (χ4v) is 2.49. The van der Waals surface area contributed by atoms with Gasteiger partial charge in [-0.1, -0.05) is 18.9 Å². The van der Waals surface area contributed by atoms with Gasteiger partial charge in [-0.3, -0.25) is 10.1 Å². The van der Waals surface area contributed by atoms with Crippen LogP contribution in [0.1, 0.15) is 31.2 Å². The summed E-state index contributed by atoms with van der Waals surface area (Å²) in [6, 6.07) is 6.60. The molecule has 2 rings (SSSR count). The average molecular weight is 260 g/mol. The second-order valence-corrected chi connectivity index (χ2v) is 4.77. The number of anilines is 1. The van der Waals surface area contributed by atoms with Crippen molar-refractivity contribution >= 4 is 11.4 Å². The molecule has 0 aliphatic heterocycles. The number of nitrogens with two attached hydrogens (primary N) is 1. The minimum atomic E-state index is -0.519. The summed E-state index contributed by atoms with van der Waals surface area (Å²) in [5, 5.41) is 23.2. The van der Waals surface area contributed by atoms with Crippen molar-refractivity contribution in [2.75, 3.05) is 5.32 Å². The highest BCUT2D eigenvalue weighted by atomic mass is 16.6. The standard InChI is InChI=1S/C13H16N4O2/c14-8-9-4-3-7-12(13(9)17(18)19)16-11-6-2-1-5-10(11)15/h3-4,7,10-11,16H,1-2,5-6,15H2. The molecule has 0 bridgehead atoms. The summed E-state index contributed by atoms with van der Waals surface area (Å²) in [6.45, 7) is 0. The molecule has 1 saturated carbocycles. The van der Waals surface area contributed by atoms with E-state index in [0.29, 0.717) is 5.69 Å². The minimum absolute atomic E-state index is 0.000837. The highest BCUT2D eigenvalue weighted by Crippen LogP contribution is 2.30. The van der Waals surface area contributed by atoms with Crippen LogP contribution in [0.25, 0.3) is 0 Å². The Morgan fingerprint density at radius 2 is 2.16 bits per heavy atom. The summed E-state index contributed by atoms with van der Waals surface area (Å²) in [4.78, 5) is 10.6. The summed E-state index contributed by atoms with van der Waals surface area (Å²) >= 11 is 0. The highest BCUT2D eigenvalue weighted by Gasteiger charge is 2.26. The van der Waals surface area contributed by atoms with Crippen molar-refractivity contribution in [2.24, 2.45) is 5.73 Å². The second-order valence-electron chi connectivity index (χ2n) is 4.77. The molecule has 0 radical (unpaired) electrons. The van der Waals surface area contributed by atoms with Crippen molar-refractivity contribution < 1.29 is 4.92 Å². The number of hydrogen-bond acceptors (Lipinski definition) is 5. The molecule has 3 N–H and O–H groups in total. The number of nitriles is 1. The van der Waals surface area contributed by atoms with Crippen LogP contribution in [0.3, 0.4) is 0 Å². The lowest BCUT2D eigenvalue weighted by molar-refractivity contribution is -0.384. The van der Waals surface area contributed by atoms with E-state index in [1.165, 1.54) is 6.07 Å². The van der Waals surface area contributed by atoms with E-state index in [4.69, 9.17) is 11.0 Å². The number of rotatable bonds is 3. The number of nitro groups is 1. The summed E-state index contributed by atoms with van der Waals surface area (Å²) in [5.41, 5.74) is 6.31. The van der Waals surface area contributed by atoms with Gasteiger partial charge in [-0.05, 0) is 25.0 Å². The molecule has 1 aliphatic rings. The molecule has 1 aromatic rings. The van der Waals surface area contributed by atoms with E-state index in [0.717, 1.165) is 25.7 Å². The molecule has 100 valence electrons. The molecule has 0 heterocycles.